The summed E-state index contributed by atoms with van der Waals surface area (Å²) in [4.78, 5) is 32.7. The van der Waals surface area contributed by atoms with Crippen LogP contribution in [0.5, 0.6) is 0 Å². The summed E-state index contributed by atoms with van der Waals surface area (Å²) < 4.78 is 1.92. The third-order valence-electron chi connectivity index (χ3n) is 6.04. The van der Waals surface area contributed by atoms with Crippen LogP contribution in [-0.2, 0) is 22.6 Å². The number of carbonyl (C=O) groups excluding carboxylic acids is 2. The first-order chi connectivity index (χ1) is 16.5. The monoisotopic (exact) mass is 454 g/mol. The Bertz CT molecular complexity index is 1300. The molecule has 1 aromatic heterocycles. The lowest BCUT2D eigenvalue weighted by Crippen LogP contribution is -2.35. The van der Waals surface area contributed by atoms with E-state index >= 15 is 0 Å². The molecule has 2 amide bonds. The normalized spacial score (nSPS) is 11.9. The first kappa shape index (κ1) is 23.2. The molecule has 0 saturated heterocycles. The summed E-state index contributed by atoms with van der Waals surface area (Å²) >= 11 is 0. The Balaban J connectivity index is 1.59. The van der Waals surface area contributed by atoms with Crippen LogP contribution in [0.2, 0.25) is 0 Å². The summed E-state index contributed by atoms with van der Waals surface area (Å²) in [5.41, 5.74) is 4.62. The predicted molar refractivity (Wildman–Crippen MR) is 136 cm³/mol. The Morgan fingerprint density at radius 2 is 1.65 bits per heavy atom. The van der Waals surface area contributed by atoms with Crippen LogP contribution in [0.25, 0.3) is 11.0 Å². The van der Waals surface area contributed by atoms with Crippen LogP contribution in [0, 0.1) is 6.92 Å². The van der Waals surface area contributed by atoms with Gasteiger partial charge in [-0.25, -0.2) is 4.98 Å². The van der Waals surface area contributed by atoms with Gasteiger partial charge >= 0.3 is 0 Å². The number of rotatable bonds is 8. The van der Waals surface area contributed by atoms with Gasteiger partial charge in [-0.15, -0.1) is 0 Å². The van der Waals surface area contributed by atoms with E-state index in [2.05, 4.69) is 5.32 Å². The topological polar surface area (TPSA) is 67.2 Å². The van der Waals surface area contributed by atoms with Crippen LogP contribution in [0.15, 0.2) is 78.9 Å². The van der Waals surface area contributed by atoms with E-state index in [9.17, 15) is 9.59 Å². The average Bonchev–Trinajstić information content (AvgIpc) is 3.20. The predicted octanol–water partition coefficient (Wildman–Crippen LogP) is 4.82. The van der Waals surface area contributed by atoms with E-state index < -0.39 is 0 Å². The van der Waals surface area contributed by atoms with Crippen molar-refractivity contribution in [3.05, 3.63) is 95.8 Å². The summed E-state index contributed by atoms with van der Waals surface area (Å²) in [5, 5.41) is 3.07. The van der Waals surface area contributed by atoms with Crippen molar-refractivity contribution in [2.24, 2.45) is 0 Å². The van der Waals surface area contributed by atoms with E-state index in [1.807, 2.05) is 104 Å². The Morgan fingerprint density at radius 3 is 2.38 bits per heavy atom. The fourth-order valence-electron chi connectivity index (χ4n) is 4.26. The van der Waals surface area contributed by atoms with Gasteiger partial charge in [0.2, 0.25) is 11.8 Å². The number of fused-ring (bicyclic) bond motifs is 1. The number of imidazole rings is 1. The molecule has 6 nitrogen and oxygen atoms in total. The van der Waals surface area contributed by atoms with Crippen LogP contribution in [0.4, 0.5) is 5.69 Å². The Labute approximate surface area is 200 Å². The molecule has 0 saturated carbocycles. The first-order valence-electron chi connectivity index (χ1n) is 11.6. The number of hydrogen-bond donors (Lipinski definition) is 1. The molecule has 4 rings (SSSR count). The smallest absolute Gasteiger partial charge is 0.246 e. The molecule has 174 valence electrons. The summed E-state index contributed by atoms with van der Waals surface area (Å²) in [6.07, 6.45) is 0.299. The van der Waals surface area contributed by atoms with E-state index in [4.69, 9.17) is 4.98 Å². The van der Waals surface area contributed by atoms with Gasteiger partial charge in [-0.3, -0.25) is 9.59 Å². The van der Waals surface area contributed by atoms with Crippen molar-refractivity contribution < 1.29 is 9.59 Å². The molecule has 1 heterocycles. The number of carbonyl (C=O) groups is 2. The molecule has 0 spiro atoms. The molecular formula is C28H30N4O2. The standard InChI is InChI=1S/C28H30N4O2/c1-4-31(23-14-6-5-7-15-23)27(34)19-32-25-17-11-10-16-24(25)30-28(32)21(3)29-26(33)18-22-13-9-8-12-20(22)2/h5-17,21H,4,18-19H2,1-3H3,(H,29,33). The summed E-state index contributed by atoms with van der Waals surface area (Å²) in [7, 11) is 0. The Hall–Kier alpha value is -3.93. The highest BCUT2D eigenvalue weighted by Crippen LogP contribution is 2.22. The molecule has 3 aromatic carbocycles. The van der Waals surface area contributed by atoms with Gasteiger partial charge in [0.15, 0.2) is 0 Å². The molecule has 4 aromatic rings. The highest BCUT2D eigenvalue weighted by atomic mass is 16.2. The van der Waals surface area contributed by atoms with Gasteiger partial charge in [-0.1, -0.05) is 54.6 Å². The van der Waals surface area contributed by atoms with Gasteiger partial charge < -0.3 is 14.8 Å². The van der Waals surface area contributed by atoms with E-state index in [1.165, 1.54) is 0 Å². The zero-order valence-electron chi connectivity index (χ0n) is 19.9. The molecule has 0 aliphatic carbocycles. The zero-order chi connectivity index (χ0) is 24.1. The summed E-state index contributed by atoms with van der Waals surface area (Å²) in [5.74, 6) is 0.555. The second kappa shape index (κ2) is 10.3. The van der Waals surface area contributed by atoms with Gasteiger partial charge in [0, 0.05) is 12.2 Å². The highest BCUT2D eigenvalue weighted by molar-refractivity contribution is 5.94. The van der Waals surface area contributed by atoms with Crippen molar-refractivity contribution in [1.82, 2.24) is 14.9 Å². The quantitative estimate of drug-likeness (QED) is 0.415. The molecule has 1 N–H and O–H groups in total. The maximum Gasteiger partial charge on any atom is 0.246 e. The number of anilines is 1. The molecular weight excluding hydrogens is 424 g/mol. The van der Waals surface area contributed by atoms with Crippen LogP contribution in [0.1, 0.15) is 36.8 Å². The lowest BCUT2D eigenvalue weighted by atomic mass is 10.1. The van der Waals surface area contributed by atoms with E-state index in [0.29, 0.717) is 18.8 Å². The highest BCUT2D eigenvalue weighted by Gasteiger charge is 2.22. The SMILES string of the molecule is CCN(C(=O)Cn1c(C(C)NC(=O)Cc2ccccc2C)nc2ccccc21)c1ccccc1. The molecule has 0 fully saturated rings. The lowest BCUT2D eigenvalue weighted by molar-refractivity contribution is -0.121. The molecule has 1 unspecified atom stereocenters. The number of nitrogens with zero attached hydrogens (tertiary/aromatic N) is 3. The average molecular weight is 455 g/mol. The van der Waals surface area contributed by atoms with Crippen LogP contribution < -0.4 is 10.2 Å². The second-order valence-electron chi connectivity index (χ2n) is 8.41. The fraction of sp³-hybridized carbons (Fsp3) is 0.250. The van der Waals surface area contributed by atoms with Crippen molar-refractivity contribution in [1.29, 1.82) is 0 Å². The maximum atomic E-state index is 13.4. The number of hydrogen-bond acceptors (Lipinski definition) is 3. The number of likely N-dealkylation sites (N-methyl/N-ethyl adjacent to an activating group) is 1. The molecule has 1 atom stereocenters. The molecule has 0 bridgehead atoms. The molecule has 34 heavy (non-hydrogen) atoms. The maximum absolute atomic E-state index is 13.4. The Morgan fingerprint density at radius 1 is 0.971 bits per heavy atom. The summed E-state index contributed by atoms with van der Waals surface area (Å²) in [6.45, 7) is 6.58. The van der Waals surface area contributed by atoms with Crippen LogP contribution in [0.3, 0.4) is 0 Å². The molecule has 0 radical (unpaired) electrons. The molecule has 0 aliphatic heterocycles. The minimum atomic E-state index is -0.358. The van der Waals surface area contributed by atoms with Gasteiger partial charge in [0.1, 0.15) is 12.4 Å². The number of benzene rings is 3. The number of aromatic nitrogens is 2. The van der Waals surface area contributed by atoms with Gasteiger partial charge in [-0.2, -0.15) is 0 Å². The van der Waals surface area contributed by atoms with Crippen molar-refractivity contribution in [2.45, 2.75) is 39.8 Å². The summed E-state index contributed by atoms with van der Waals surface area (Å²) in [6, 6.07) is 24.9. The van der Waals surface area contributed by atoms with Crippen molar-refractivity contribution in [3.63, 3.8) is 0 Å². The minimum Gasteiger partial charge on any atom is -0.346 e. The van der Waals surface area contributed by atoms with Crippen molar-refractivity contribution >= 4 is 28.5 Å². The number of amides is 2. The van der Waals surface area contributed by atoms with Gasteiger partial charge in [0.05, 0.1) is 23.5 Å². The largest absolute Gasteiger partial charge is 0.346 e. The number of aryl methyl sites for hydroxylation is 1. The molecule has 0 aliphatic rings. The number of para-hydroxylation sites is 3. The minimum absolute atomic E-state index is 0.0310. The van der Waals surface area contributed by atoms with E-state index in [1.54, 1.807) is 4.90 Å². The third-order valence-corrected chi connectivity index (χ3v) is 6.04. The van der Waals surface area contributed by atoms with Crippen LogP contribution >= 0.6 is 0 Å². The fourth-order valence-corrected chi connectivity index (χ4v) is 4.26. The second-order valence-corrected chi connectivity index (χ2v) is 8.41. The van der Waals surface area contributed by atoms with Crippen molar-refractivity contribution in [2.75, 3.05) is 11.4 Å². The Kier molecular flexibility index (Phi) is 7.07. The van der Waals surface area contributed by atoms with Crippen molar-refractivity contribution in [3.8, 4) is 0 Å². The van der Waals surface area contributed by atoms with Gasteiger partial charge in [-0.05, 0) is 56.2 Å². The van der Waals surface area contributed by atoms with Crippen LogP contribution in [-0.4, -0.2) is 27.9 Å². The van der Waals surface area contributed by atoms with E-state index in [-0.39, 0.29) is 24.4 Å². The third kappa shape index (κ3) is 5.01. The first-order valence-corrected chi connectivity index (χ1v) is 11.6. The zero-order valence-corrected chi connectivity index (χ0v) is 19.9. The number of nitrogens with one attached hydrogen (secondary N) is 1. The lowest BCUT2D eigenvalue weighted by Gasteiger charge is -2.23. The van der Waals surface area contributed by atoms with E-state index in [0.717, 1.165) is 27.8 Å². The van der Waals surface area contributed by atoms with Gasteiger partial charge in [0.25, 0.3) is 0 Å². The molecule has 6 heteroatoms.